The number of carbonyl (C=O) groups is 1. The number of hydrogen-bond acceptors (Lipinski definition) is 2. The summed E-state index contributed by atoms with van der Waals surface area (Å²) >= 11 is 0. The zero-order chi connectivity index (χ0) is 11.1. The summed E-state index contributed by atoms with van der Waals surface area (Å²) in [6.07, 6.45) is 0.813. The summed E-state index contributed by atoms with van der Waals surface area (Å²) in [6.45, 7) is 8.03. The molecule has 1 aliphatic rings. The lowest BCUT2D eigenvalue weighted by Gasteiger charge is -2.23. The Bertz CT molecular complexity index is 243. The first-order valence-electron chi connectivity index (χ1n) is 5.00. The van der Waals surface area contributed by atoms with Gasteiger partial charge in [0, 0.05) is 7.11 Å². The number of methoxy groups -OCH3 is 1. The van der Waals surface area contributed by atoms with Crippen LogP contribution in [0, 0.1) is 17.3 Å². The molecule has 0 heterocycles. The number of carboxylic acids is 1. The first-order valence-corrected chi connectivity index (χ1v) is 5.00. The molecule has 1 aliphatic carbocycles. The summed E-state index contributed by atoms with van der Waals surface area (Å²) in [6, 6.07) is 0. The fraction of sp³-hybridized carbons (Fsp3) is 0.909. The third kappa shape index (κ3) is 1.92. The van der Waals surface area contributed by atoms with Crippen LogP contribution in [0.3, 0.4) is 0 Å². The molecule has 0 aromatic heterocycles. The zero-order valence-electron chi connectivity index (χ0n) is 9.63. The smallest absolute Gasteiger partial charge is 0.307 e. The van der Waals surface area contributed by atoms with Gasteiger partial charge in [-0.3, -0.25) is 4.79 Å². The van der Waals surface area contributed by atoms with Gasteiger partial charge in [0.15, 0.2) is 0 Å². The van der Waals surface area contributed by atoms with E-state index in [1.165, 1.54) is 0 Å². The fourth-order valence-electron chi connectivity index (χ4n) is 2.23. The molecular weight excluding hydrogens is 180 g/mol. The maximum atomic E-state index is 10.9. The van der Waals surface area contributed by atoms with Crippen molar-refractivity contribution in [2.45, 2.75) is 39.7 Å². The minimum absolute atomic E-state index is 0.0678. The highest BCUT2D eigenvalue weighted by Gasteiger charge is 2.62. The third-order valence-electron chi connectivity index (χ3n) is 3.58. The topological polar surface area (TPSA) is 46.5 Å². The summed E-state index contributed by atoms with van der Waals surface area (Å²) in [5.74, 6) is -0.626. The van der Waals surface area contributed by atoms with Gasteiger partial charge in [0.25, 0.3) is 0 Å². The van der Waals surface area contributed by atoms with E-state index in [1.807, 2.05) is 27.7 Å². The summed E-state index contributed by atoms with van der Waals surface area (Å²) in [5.41, 5.74) is -0.284. The van der Waals surface area contributed by atoms with Crippen LogP contribution in [-0.4, -0.2) is 23.8 Å². The Hall–Kier alpha value is -0.570. The second-order valence-corrected chi connectivity index (χ2v) is 5.41. The van der Waals surface area contributed by atoms with Gasteiger partial charge in [0.1, 0.15) is 0 Å². The normalized spacial score (nSPS) is 30.1. The second kappa shape index (κ2) is 3.23. The molecule has 1 fully saturated rings. The van der Waals surface area contributed by atoms with Gasteiger partial charge in [0.2, 0.25) is 0 Å². The minimum Gasteiger partial charge on any atom is -0.481 e. The number of aliphatic carboxylic acids is 1. The van der Waals surface area contributed by atoms with E-state index in [-0.39, 0.29) is 22.9 Å². The van der Waals surface area contributed by atoms with Crippen LogP contribution in [0.15, 0.2) is 0 Å². The number of carboxylic acid groups (broad SMARTS) is 1. The molecule has 0 saturated heterocycles. The predicted molar refractivity (Wildman–Crippen MR) is 54.1 cm³/mol. The Labute approximate surface area is 85.5 Å². The quantitative estimate of drug-likeness (QED) is 0.756. The molecule has 0 aliphatic heterocycles. The summed E-state index contributed by atoms with van der Waals surface area (Å²) in [5, 5.41) is 8.99. The van der Waals surface area contributed by atoms with Crippen LogP contribution in [0.1, 0.15) is 34.1 Å². The van der Waals surface area contributed by atoms with Gasteiger partial charge in [-0.25, -0.2) is 0 Å². The highest BCUT2D eigenvalue weighted by Crippen LogP contribution is 2.61. The van der Waals surface area contributed by atoms with Gasteiger partial charge in [-0.1, -0.05) is 13.8 Å². The Balaban J connectivity index is 2.62. The largest absolute Gasteiger partial charge is 0.481 e. The van der Waals surface area contributed by atoms with Crippen molar-refractivity contribution in [3.05, 3.63) is 0 Å². The van der Waals surface area contributed by atoms with Crippen molar-refractivity contribution in [1.29, 1.82) is 0 Å². The Morgan fingerprint density at radius 3 is 2.29 bits per heavy atom. The molecule has 0 aromatic carbocycles. The molecule has 2 atom stereocenters. The first-order chi connectivity index (χ1) is 6.22. The predicted octanol–water partition coefficient (Wildman–Crippen LogP) is 2.16. The van der Waals surface area contributed by atoms with E-state index < -0.39 is 5.97 Å². The second-order valence-electron chi connectivity index (χ2n) is 5.41. The van der Waals surface area contributed by atoms with Crippen molar-refractivity contribution in [2.24, 2.45) is 17.3 Å². The average molecular weight is 200 g/mol. The Kier molecular flexibility index (Phi) is 2.65. The van der Waals surface area contributed by atoms with Crippen molar-refractivity contribution < 1.29 is 14.6 Å². The first kappa shape index (κ1) is 11.5. The van der Waals surface area contributed by atoms with E-state index in [4.69, 9.17) is 9.84 Å². The number of rotatable bonds is 4. The molecule has 0 bridgehead atoms. The third-order valence-corrected chi connectivity index (χ3v) is 3.58. The molecule has 0 aromatic rings. The molecule has 1 saturated carbocycles. The van der Waals surface area contributed by atoms with E-state index in [1.54, 1.807) is 7.11 Å². The van der Waals surface area contributed by atoms with Crippen LogP contribution in [0.2, 0.25) is 0 Å². The molecule has 82 valence electrons. The van der Waals surface area contributed by atoms with E-state index >= 15 is 0 Å². The lowest BCUT2D eigenvalue weighted by molar-refractivity contribution is -0.139. The maximum Gasteiger partial charge on any atom is 0.307 e. The molecule has 2 unspecified atom stereocenters. The summed E-state index contributed by atoms with van der Waals surface area (Å²) < 4.78 is 5.32. The minimum atomic E-state index is -0.674. The maximum absolute atomic E-state index is 10.9. The average Bonchev–Trinajstić information content (AvgIpc) is 2.52. The van der Waals surface area contributed by atoms with Gasteiger partial charge in [-0.05, 0) is 31.6 Å². The molecular formula is C11H20O3. The SMILES string of the molecule is COC(C)(C)CC1C(C(=O)O)C1(C)C. The van der Waals surface area contributed by atoms with E-state index in [0.29, 0.717) is 0 Å². The van der Waals surface area contributed by atoms with E-state index in [0.717, 1.165) is 6.42 Å². The van der Waals surface area contributed by atoms with Crippen LogP contribution >= 0.6 is 0 Å². The fourth-order valence-corrected chi connectivity index (χ4v) is 2.23. The summed E-state index contributed by atoms with van der Waals surface area (Å²) in [7, 11) is 1.67. The van der Waals surface area contributed by atoms with Crippen molar-refractivity contribution in [2.75, 3.05) is 7.11 Å². The van der Waals surface area contributed by atoms with Gasteiger partial charge in [-0.15, -0.1) is 0 Å². The van der Waals surface area contributed by atoms with Gasteiger partial charge >= 0.3 is 5.97 Å². The molecule has 14 heavy (non-hydrogen) atoms. The summed E-state index contributed by atoms with van der Waals surface area (Å²) in [4.78, 5) is 10.9. The zero-order valence-corrected chi connectivity index (χ0v) is 9.63. The van der Waals surface area contributed by atoms with Crippen LogP contribution in [0.4, 0.5) is 0 Å². The lowest BCUT2D eigenvalue weighted by Crippen LogP contribution is -2.24. The van der Waals surface area contributed by atoms with Crippen LogP contribution in [-0.2, 0) is 9.53 Å². The van der Waals surface area contributed by atoms with E-state index in [2.05, 4.69) is 0 Å². The van der Waals surface area contributed by atoms with Gasteiger partial charge in [-0.2, -0.15) is 0 Å². The standard InChI is InChI=1S/C11H20O3/c1-10(2,14-5)6-7-8(9(12)13)11(7,3)4/h7-8H,6H2,1-5H3,(H,12,13). The lowest BCUT2D eigenvalue weighted by atomic mass is 9.97. The van der Waals surface area contributed by atoms with Crippen molar-refractivity contribution in [3.8, 4) is 0 Å². The molecule has 1 rings (SSSR count). The van der Waals surface area contributed by atoms with Crippen molar-refractivity contribution in [1.82, 2.24) is 0 Å². The highest BCUT2D eigenvalue weighted by atomic mass is 16.5. The van der Waals surface area contributed by atoms with E-state index in [9.17, 15) is 4.79 Å². The molecule has 1 N–H and O–H groups in total. The molecule has 0 radical (unpaired) electrons. The number of hydrogen-bond donors (Lipinski definition) is 1. The molecule has 0 spiro atoms. The number of ether oxygens (including phenoxy) is 1. The Morgan fingerprint density at radius 1 is 1.50 bits per heavy atom. The molecule has 3 heteroatoms. The van der Waals surface area contributed by atoms with Crippen LogP contribution < -0.4 is 0 Å². The Morgan fingerprint density at radius 2 is 2.00 bits per heavy atom. The molecule has 3 nitrogen and oxygen atoms in total. The van der Waals surface area contributed by atoms with Gasteiger partial charge in [0.05, 0.1) is 11.5 Å². The van der Waals surface area contributed by atoms with Crippen LogP contribution in [0.25, 0.3) is 0 Å². The molecule has 0 amide bonds. The van der Waals surface area contributed by atoms with Gasteiger partial charge < -0.3 is 9.84 Å². The van der Waals surface area contributed by atoms with Crippen LogP contribution in [0.5, 0.6) is 0 Å². The highest BCUT2D eigenvalue weighted by molar-refractivity contribution is 5.75. The monoisotopic (exact) mass is 200 g/mol. The van der Waals surface area contributed by atoms with Crippen molar-refractivity contribution >= 4 is 5.97 Å². The van der Waals surface area contributed by atoms with Crippen molar-refractivity contribution in [3.63, 3.8) is 0 Å².